The van der Waals surface area contributed by atoms with E-state index in [1.807, 2.05) is 30.3 Å². The van der Waals surface area contributed by atoms with Crippen LogP contribution < -0.4 is 16.4 Å². The van der Waals surface area contributed by atoms with Crippen LogP contribution in [-0.4, -0.2) is 6.71 Å². The number of rotatable bonds is 1. The van der Waals surface area contributed by atoms with Gasteiger partial charge in [-0.3, -0.25) is 0 Å². The first kappa shape index (κ1) is 14.2. The van der Waals surface area contributed by atoms with E-state index >= 15 is 0 Å². The maximum Gasteiger partial charge on any atom is 0.242 e. The summed E-state index contributed by atoms with van der Waals surface area (Å²) >= 11 is 0. The van der Waals surface area contributed by atoms with Crippen molar-refractivity contribution >= 4 is 23.1 Å². The van der Waals surface area contributed by atoms with Crippen LogP contribution in [0.2, 0.25) is 0 Å². The molecule has 1 aliphatic rings. The Kier molecular flexibility index (Phi) is 3.12. The van der Waals surface area contributed by atoms with Gasteiger partial charge in [0.05, 0.1) is 0 Å². The lowest BCUT2D eigenvalue weighted by Gasteiger charge is -2.12. The van der Waals surface area contributed by atoms with E-state index in [4.69, 9.17) is 0 Å². The lowest BCUT2D eigenvalue weighted by Crippen LogP contribution is -2.49. The summed E-state index contributed by atoms with van der Waals surface area (Å²) < 4.78 is 28.2. The second kappa shape index (κ2) is 5.05. The molecule has 23 heavy (non-hydrogen) atoms. The highest BCUT2D eigenvalue weighted by molar-refractivity contribution is 6.99. The monoisotopic (exact) mass is 304 g/mol. The number of hydrogen-bond acceptors (Lipinski definition) is 0. The summed E-state index contributed by atoms with van der Waals surface area (Å²) in [6, 6.07) is 17.0. The Morgan fingerprint density at radius 1 is 0.696 bits per heavy atom. The Balaban J connectivity index is 2.05. The second-order valence-corrected chi connectivity index (χ2v) is 6.22. The number of benzene rings is 3. The van der Waals surface area contributed by atoms with Gasteiger partial charge in [-0.1, -0.05) is 58.9 Å². The molecule has 3 aromatic rings. The van der Waals surface area contributed by atoms with E-state index in [0.29, 0.717) is 11.1 Å². The van der Waals surface area contributed by atoms with Crippen molar-refractivity contribution in [1.29, 1.82) is 0 Å². The lowest BCUT2D eigenvalue weighted by atomic mass is 9.39. The third kappa shape index (κ3) is 2.11. The van der Waals surface area contributed by atoms with Crippen molar-refractivity contribution in [2.75, 3.05) is 0 Å². The van der Waals surface area contributed by atoms with Crippen molar-refractivity contribution in [3.05, 3.63) is 77.4 Å². The molecule has 4 rings (SSSR count). The number of hydrogen-bond donors (Lipinski definition) is 0. The summed E-state index contributed by atoms with van der Waals surface area (Å²) in [7, 11) is 0. The van der Waals surface area contributed by atoms with E-state index in [2.05, 4.69) is 12.1 Å². The fourth-order valence-electron chi connectivity index (χ4n) is 3.52. The van der Waals surface area contributed by atoms with Gasteiger partial charge in [0.2, 0.25) is 6.71 Å². The topological polar surface area (TPSA) is 0 Å². The van der Waals surface area contributed by atoms with E-state index in [1.165, 1.54) is 0 Å². The molecule has 0 spiro atoms. The molecular weight excluding hydrogens is 289 g/mol. The number of fused-ring (bicyclic) bond motifs is 3. The molecule has 0 aromatic heterocycles. The first-order chi connectivity index (χ1) is 11.1. The van der Waals surface area contributed by atoms with Gasteiger partial charge in [0.15, 0.2) is 0 Å². The molecule has 0 N–H and O–H groups in total. The Labute approximate surface area is 134 Å². The van der Waals surface area contributed by atoms with Crippen molar-refractivity contribution in [2.45, 2.75) is 13.8 Å². The van der Waals surface area contributed by atoms with Gasteiger partial charge in [0, 0.05) is 0 Å². The summed E-state index contributed by atoms with van der Waals surface area (Å²) in [5, 5.41) is 0. The van der Waals surface area contributed by atoms with Gasteiger partial charge in [-0.05, 0) is 48.2 Å². The average Bonchev–Trinajstić information content (AvgIpc) is 2.82. The molecule has 0 aliphatic carbocycles. The van der Waals surface area contributed by atoms with Crippen LogP contribution in [-0.2, 0) is 0 Å². The van der Waals surface area contributed by atoms with E-state index in [0.717, 1.165) is 27.5 Å². The number of halogens is 2. The lowest BCUT2D eigenvalue weighted by molar-refractivity contribution is 0.617. The van der Waals surface area contributed by atoms with Gasteiger partial charge in [0.1, 0.15) is 11.6 Å². The van der Waals surface area contributed by atoms with Gasteiger partial charge in [-0.25, -0.2) is 8.78 Å². The minimum Gasteiger partial charge on any atom is -0.207 e. The minimum atomic E-state index is -0.246. The van der Waals surface area contributed by atoms with Crippen LogP contribution in [0.5, 0.6) is 0 Å². The van der Waals surface area contributed by atoms with Gasteiger partial charge in [0.25, 0.3) is 0 Å². The molecule has 1 heterocycles. The third-order valence-electron chi connectivity index (χ3n) is 4.71. The van der Waals surface area contributed by atoms with Crippen LogP contribution in [0.3, 0.4) is 0 Å². The maximum atomic E-state index is 14.1. The summed E-state index contributed by atoms with van der Waals surface area (Å²) in [6.45, 7) is 3.57. The number of aryl methyl sites for hydroxylation is 2. The van der Waals surface area contributed by atoms with Crippen molar-refractivity contribution in [3.63, 3.8) is 0 Å². The van der Waals surface area contributed by atoms with Crippen LogP contribution in [0.25, 0.3) is 11.1 Å². The van der Waals surface area contributed by atoms with Gasteiger partial charge in [-0.15, -0.1) is 0 Å². The van der Waals surface area contributed by atoms with Gasteiger partial charge in [-0.2, -0.15) is 0 Å². The van der Waals surface area contributed by atoms with Crippen molar-refractivity contribution in [1.82, 2.24) is 0 Å². The molecule has 0 radical (unpaired) electrons. The molecule has 0 atom stereocenters. The third-order valence-corrected chi connectivity index (χ3v) is 4.71. The zero-order valence-corrected chi connectivity index (χ0v) is 13.0. The van der Waals surface area contributed by atoms with Crippen LogP contribution in [0.15, 0.2) is 54.6 Å². The molecule has 112 valence electrons. The molecule has 1 aliphatic heterocycles. The Morgan fingerprint density at radius 2 is 1.17 bits per heavy atom. The fourth-order valence-corrected chi connectivity index (χ4v) is 3.52. The first-order valence-electron chi connectivity index (χ1n) is 7.71. The molecule has 3 heteroatoms. The molecule has 0 unspecified atom stereocenters. The summed E-state index contributed by atoms with van der Waals surface area (Å²) in [6.07, 6.45) is 0. The minimum absolute atomic E-state index is 0.0276. The highest BCUT2D eigenvalue weighted by atomic mass is 19.1. The highest BCUT2D eigenvalue weighted by Crippen LogP contribution is 2.27. The van der Waals surface area contributed by atoms with Crippen LogP contribution in [0, 0.1) is 25.5 Å². The predicted molar refractivity (Wildman–Crippen MR) is 92.4 cm³/mol. The van der Waals surface area contributed by atoms with Crippen LogP contribution in [0.4, 0.5) is 8.78 Å². The smallest absolute Gasteiger partial charge is 0.207 e. The van der Waals surface area contributed by atoms with Crippen molar-refractivity contribution in [3.8, 4) is 11.1 Å². The fraction of sp³-hybridized carbons (Fsp3) is 0.100. The normalized spacial score (nSPS) is 12.3. The Bertz CT molecular complexity index is 859. The molecular formula is C20H15BF2. The Hall–Kier alpha value is -2.42. The molecule has 0 bridgehead atoms. The first-order valence-corrected chi connectivity index (χ1v) is 7.71. The zero-order valence-electron chi connectivity index (χ0n) is 13.0. The predicted octanol–water partition coefficient (Wildman–Crippen LogP) is 3.08. The summed E-state index contributed by atoms with van der Waals surface area (Å²) in [5.74, 6) is -0.492. The summed E-state index contributed by atoms with van der Waals surface area (Å²) in [5.41, 5.74) is 6.09. The van der Waals surface area contributed by atoms with E-state index < -0.39 is 0 Å². The largest absolute Gasteiger partial charge is 0.242 e. The highest BCUT2D eigenvalue weighted by Gasteiger charge is 2.34. The maximum absolute atomic E-state index is 14.1. The van der Waals surface area contributed by atoms with Crippen LogP contribution in [0.1, 0.15) is 11.1 Å². The molecule has 0 saturated carbocycles. The van der Waals surface area contributed by atoms with Crippen LogP contribution >= 0.6 is 0 Å². The summed E-state index contributed by atoms with van der Waals surface area (Å²) in [4.78, 5) is 0. The average molecular weight is 304 g/mol. The zero-order chi connectivity index (χ0) is 16.1. The molecule has 0 nitrogen and oxygen atoms in total. The quantitative estimate of drug-likeness (QED) is 0.474. The second-order valence-electron chi connectivity index (χ2n) is 6.22. The van der Waals surface area contributed by atoms with Crippen molar-refractivity contribution < 1.29 is 8.78 Å². The molecule has 0 saturated heterocycles. The molecule has 3 aromatic carbocycles. The van der Waals surface area contributed by atoms with Gasteiger partial charge >= 0.3 is 0 Å². The van der Waals surface area contributed by atoms with E-state index in [9.17, 15) is 8.78 Å². The van der Waals surface area contributed by atoms with Crippen molar-refractivity contribution in [2.24, 2.45) is 0 Å². The SMILES string of the molecule is Cc1cc2c(cc1F)-c1cc(F)c(C)cc1B2c1ccccc1. The molecule has 0 fully saturated rings. The van der Waals surface area contributed by atoms with Gasteiger partial charge < -0.3 is 0 Å². The standard InChI is InChI=1S/C20H15BF2/c1-12-8-17-15(10-19(12)22)16-11-20(23)13(2)9-18(16)21(17)14-6-4-3-5-7-14/h3-11H,1-2H3. The van der Waals surface area contributed by atoms with E-state index in [1.54, 1.807) is 26.0 Å². The molecule has 0 amide bonds. The van der Waals surface area contributed by atoms with E-state index in [-0.39, 0.29) is 18.3 Å². The Morgan fingerprint density at radius 3 is 1.65 bits per heavy atom.